The molecule has 0 aromatic heterocycles. The molecule has 0 spiro atoms. The predicted molar refractivity (Wildman–Crippen MR) is 62.5 cm³/mol. The standard InChI is InChI=1S/C12H11F4NO4/c1-21-8-4-2-3-6(9(8)13)10(18)17-7(11(19)20)5-12(14,15)16/h2-4,7H,5H2,1H3,(H,17,18)(H,19,20). The molecule has 0 saturated heterocycles. The van der Waals surface area contributed by atoms with Crippen LogP contribution in [0, 0.1) is 5.82 Å². The molecular formula is C12H11F4NO4. The highest BCUT2D eigenvalue weighted by atomic mass is 19.4. The van der Waals surface area contributed by atoms with E-state index in [1.54, 1.807) is 5.32 Å². The van der Waals surface area contributed by atoms with Crippen LogP contribution in [0.15, 0.2) is 18.2 Å². The lowest BCUT2D eigenvalue weighted by atomic mass is 10.1. The summed E-state index contributed by atoms with van der Waals surface area (Å²) in [6.07, 6.45) is -6.55. The third kappa shape index (κ3) is 4.62. The van der Waals surface area contributed by atoms with Gasteiger partial charge in [0.25, 0.3) is 5.91 Å². The SMILES string of the molecule is COc1cccc(C(=O)NC(CC(F)(F)F)C(=O)O)c1F. The van der Waals surface area contributed by atoms with Crippen molar-refractivity contribution >= 4 is 11.9 Å². The maximum atomic E-state index is 13.8. The number of carboxylic acid groups (broad SMARTS) is 1. The average molecular weight is 309 g/mol. The molecule has 0 saturated carbocycles. The third-order valence-corrected chi connectivity index (χ3v) is 2.47. The molecule has 0 aliphatic rings. The summed E-state index contributed by atoms with van der Waals surface area (Å²) in [5.41, 5.74) is -0.609. The van der Waals surface area contributed by atoms with Gasteiger partial charge in [-0.05, 0) is 12.1 Å². The molecule has 0 heterocycles. The first-order valence-corrected chi connectivity index (χ1v) is 5.58. The zero-order valence-electron chi connectivity index (χ0n) is 10.7. The number of nitrogens with one attached hydrogen (secondary N) is 1. The van der Waals surface area contributed by atoms with Crippen molar-refractivity contribution < 1.29 is 37.0 Å². The van der Waals surface area contributed by atoms with Crippen LogP contribution >= 0.6 is 0 Å². The number of carbonyl (C=O) groups excluding carboxylic acids is 1. The summed E-state index contributed by atoms with van der Waals surface area (Å²) in [5.74, 6) is -4.52. The highest BCUT2D eigenvalue weighted by Gasteiger charge is 2.36. The molecular weight excluding hydrogens is 298 g/mol. The lowest BCUT2D eigenvalue weighted by molar-refractivity contribution is -0.157. The highest BCUT2D eigenvalue weighted by molar-refractivity contribution is 5.97. The van der Waals surface area contributed by atoms with E-state index >= 15 is 0 Å². The Labute approximate surface area is 116 Å². The number of halogens is 4. The molecule has 0 fully saturated rings. The van der Waals surface area contributed by atoms with Crippen molar-refractivity contribution in [2.75, 3.05) is 7.11 Å². The van der Waals surface area contributed by atoms with Crippen LogP contribution in [0.4, 0.5) is 17.6 Å². The van der Waals surface area contributed by atoms with E-state index in [2.05, 4.69) is 4.74 Å². The van der Waals surface area contributed by atoms with E-state index in [0.29, 0.717) is 0 Å². The van der Waals surface area contributed by atoms with Crippen LogP contribution in [0.5, 0.6) is 5.75 Å². The van der Waals surface area contributed by atoms with E-state index in [4.69, 9.17) is 5.11 Å². The molecule has 1 unspecified atom stereocenters. The molecule has 1 amide bonds. The van der Waals surface area contributed by atoms with Crippen molar-refractivity contribution in [3.8, 4) is 5.75 Å². The zero-order valence-corrected chi connectivity index (χ0v) is 10.7. The van der Waals surface area contributed by atoms with Gasteiger partial charge in [-0.15, -0.1) is 0 Å². The normalized spacial score (nSPS) is 12.6. The molecule has 2 N–H and O–H groups in total. The van der Waals surface area contributed by atoms with Gasteiger partial charge in [0.15, 0.2) is 11.6 Å². The Bertz CT molecular complexity index is 545. The molecule has 0 aliphatic heterocycles. The number of aliphatic carboxylic acids is 1. The number of hydrogen-bond acceptors (Lipinski definition) is 3. The minimum atomic E-state index is -4.79. The number of alkyl halides is 3. The summed E-state index contributed by atoms with van der Waals surface area (Å²) in [4.78, 5) is 22.4. The van der Waals surface area contributed by atoms with E-state index in [-0.39, 0.29) is 5.75 Å². The van der Waals surface area contributed by atoms with Gasteiger partial charge in [0.05, 0.1) is 19.1 Å². The first-order valence-electron chi connectivity index (χ1n) is 5.58. The summed E-state index contributed by atoms with van der Waals surface area (Å²) >= 11 is 0. The number of ether oxygens (including phenoxy) is 1. The van der Waals surface area contributed by atoms with E-state index in [0.717, 1.165) is 13.2 Å². The number of amides is 1. The molecule has 1 aromatic rings. The van der Waals surface area contributed by atoms with Crippen molar-refractivity contribution in [1.82, 2.24) is 5.32 Å². The Morgan fingerprint density at radius 3 is 2.48 bits per heavy atom. The Hall–Kier alpha value is -2.32. The molecule has 9 heteroatoms. The topological polar surface area (TPSA) is 75.6 Å². The second-order valence-electron chi connectivity index (χ2n) is 4.01. The van der Waals surface area contributed by atoms with Crippen LogP contribution in [0.25, 0.3) is 0 Å². The molecule has 0 radical (unpaired) electrons. The monoisotopic (exact) mass is 309 g/mol. The molecule has 0 aliphatic carbocycles. The molecule has 116 valence electrons. The van der Waals surface area contributed by atoms with E-state index in [1.807, 2.05) is 0 Å². The van der Waals surface area contributed by atoms with Crippen LogP contribution in [-0.2, 0) is 4.79 Å². The fourth-order valence-electron chi connectivity index (χ4n) is 1.51. The molecule has 0 bridgehead atoms. The fourth-order valence-corrected chi connectivity index (χ4v) is 1.51. The van der Waals surface area contributed by atoms with E-state index < -0.39 is 41.9 Å². The number of carboxylic acids is 1. The van der Waals surface area contributed by atoms with Gasteiger partial charge in [-0.3, -0.25) is 4.79 Å². The van der Waals surface area contributed by atoms with Crippen molar-refractivity contribution in [3.63, 3.8) is 0 Å². The molecule has 1 atom stereocenters. The van der Waals surface area contributed by atoms with Gasteiger partial charge in [0.1, 0.15) is 6.04 Å². The first kappa shape index (κ1) is 16.7. The van der Waals surface area contributed by atoms with Crippen LogP contribution in [-0.4, -0.2) is 36.3 Å². The Kier molecular flexibility index (Phi) is 5.12. The van der Waals surface area contributed by atoms with Crippen LogP contribution < -0.4 is 10.1 Å². The fraction of sp³-hybridized carbons (Fsp3) is 0.333. The zero-order chi connectivity index (χ0) is 16.2. The van der Waals surface area contributed by atoms with Crippen molar-refractivity contribution in [2.24, 2.45) is 0 Å². The second kappa shape index (κ2) is 6.42. The van der Waals surface area contributed by atoms with E-state index in [9.17, 15) is 27.2 Å². The number of benzene rings is 1. The molecule has 1 rings (SSSR count). The quantitative estimate of drug-likeness (QED) is 0.815. The van der Waals surface area contributed by atoms with Gasteiger partial charge in [-0.25, -0.2) is 9.18 Å². The smallest absolute Gasteiger partial charge is 0.391 e. The Morgan fingerprint density at radius 1 is 1.38 bits per heavy atom. The van der Waals surface area contributed by atoms with Gasteiger partial charge in [-0.1, -0.05) is 6.07 Å². The number of methoxy groups -OCH3 is 1. The van der Waals surface area contributed by atoms with Crippen molar-refractivity contribution in [3.05, 3.63) is 29.6 Å². The number of hydrogen-bond donors (Lipinski definition) is 2. The van der Waals surface area contributed by atoms with Crippen molar-refractivity contribution in [2.45, 2.75) is 18.6 Å². The summed E-state index contributed by atoms with van der Waals surface area (Å²) in [5, 5.41) is 10.3. The summed E-state index contributed by atoms with van der Waals surface area (Å²) < 4.78 is 55.0. The van der Waals surface area contributed by atoms with Crippen LogP contribution in [0.1, 0.15) is 16.8 Å². The minimum absolute atomic E-state index is 0.287. The highest BCUT2D eigenvalue weighted by Crippen LogP contribution is 2.23. The predicted octanol–water partition coefficient (Wildman–Crippen LogP) is 1.97. The lowest BCUT2D eigenvalue weighted by Gasteiger charge is -2.16. The maximum absolute atomic E-state index is 13.8. The largest absolute Gasteiger partial charge is 0.494 e. The Balaban J connectivity index is 2.95. The second-order valence-corrected chi connectivity index (χ2v) is 4.01. The van der Waals surface area contributed by atoms with Gasteiger partial charge in [0, 0.05) is 0 Å². The summed E-state index contributed by atoms with van der Waals surface area (Å²) in [7, 11) is 1.14. The number of rotatable bonds is 5. The average Bonchev–Trinajstić information content (AvgIpc) is 2.36. The lowest BCUT2D eigenvalue weighted by Crippen LogP contribution is -2.43. The van der Waals surface area contributed by atoms with Gasteiger partial charge in [-0.2, -0.15) is 13.2 Å². The van der Waals surface area contributed by atoms with Gasteiger partial charge in [0.2, 0.25) is 0 Å². The number of carbonyl (C=O) groups is 2. The maximum Gasteiger partial charge on any atom is 0.391 e. The first-order chi connectivity index (χ1) is 9.65. The molecule has 5 nitrogen and oxygen atoms in total. The Morgan fingerprint density at radius 2 is 2.00 bits per heavy atom. The third-order valence-electron chi connectivity index (χ3n) is 2.47. The van der Waals surface area contributed by atoms with Crippen molar-refractivity contribution in [1.29, 1.82) is 0 Å². The van der Waals surface area contributed by atoms with Crippen LogP contribution in [0.2, 0.25) is 0 Å². The van der Waals surface area contributed by atoms with Gasteiger partial charge < -0.3 is 15.2 Å². The summed E-state index contributed by atoms with van der Waals surface area (Å²) in [6, 6.07) is 1.25. The minimum Gasteiger partial charge on any atom is -0.494 e. The van der Waals surface area contributed by atoms with E-state index in [1.165, 1.54) is 12.1 Å². The summed E-state index contributed by atoms with van der Waals surface area (Å²) in [6.45, 7) is 0. The molecule has 21 heavy (non-hydrogen) atoms. The van der Waals surface area contributed by atoms with Gasteiger partial charge >= 0.3 is 12.1 Å². The van der Waals surface area contributed by atoms with Crippen LogP contribution in [0.3, 0.4) is 0 Å². The molecule has 1 aromatic carbocycles.